The number of halogens is 2. The number of hydrogen-bond donors (Lipinski definition) is 2. The molecule has 0 fully saturated rings. The molecule has 0 aliphatic carbocycles. The Labute approximate surface area is 149 Å². The molecule has 2 N–H and O–H groups in total. The number of rotatable bonds is 6. The van der Waals surface area contributed by atoms with Crippen molar-refractivity contribution in [2.75, 3.05) is 11.9 Å². The Morgan fingerprint density at radius 1 is 1.28 bits per heavy atom. The third kappa shape index (κ3) is 4.48. The molecule has 0 bridgehead atoms. The average molecular weight is 366 g/mol. The number of aliphatic carboxylic acids is 1. The molecule has 0 amide bonds. The number of aryl methyl sites for hydroxylation is 2. The van der Waals surface area contributed by atoms with Crippen LogP contribution < -0.4 is 5.32 Å². The second-order valence-electron chi connectivity index (χ2n) is 5.38. The minimum absolute atomic E-state index is 0.0313. The lowest BCUT2D eigenvalue weighted by atomic mass is 10.0. The number of nitrogens with one attached hydrogen (secondary N) is 1. The molecular weight excluding hydrogens is 349 g/mol. The molecule has 0 radical (unpaired) electrons. The lowest BCUT2D eigenvalue weighted by Crippen LogP contribution is -2.15. The number of hydrogen-bond acceptors (Lipinski definition) is 4. The fourth-order valence-electron chi connectivity index (χ4n) is 2.34. The van der Waals surface area contributed by atoms with E-state index >= 15 is 0 Å². The van der Waals surface area contributed by atoms with Crippen molar-refractivity contribution in [1.82, 2.24) is 0 Å². The second-order valence-corrected chi connectivity index (χ2v) is 5.79. The molecule has 5 nitrogen and oxygen atoms in total. The Morgan fingerprint density at radius 2 is 2.00 bits per heavy atom. The molecule has 132 valence electrons. The first-order valence-corrected chi connectivity index (χ1v) is 7.94. The molecule has 2 aromatic rings. The van der Waals surface area contributed by atoms with Crippen LogP contribution in [0.5, 0.6) is 0 Å². The molecule has 0 aliphatic heterocycles. The monoisotopic (exact) mass is 365 g/mol. The zero-order valence-corrected chi connectivity index (χ0v) is 14.5. The highest BCUT2D eigenvalue weighted by Gasteiger charge is 2.19. The van der Waals surface area contributed by atoms with Gasteiger partial charge in [0, 0.05) is 0 Å². The summed E-state index contributed by atoms with van der Waals surface area (Å²) in [5, 5.41) is 11.7. The Bertz CT molecular complexity index is 803. The highest BCUT2D eigenvalue weighted by atomic mass is 35.5. The first kappa shape index (κ1) is 18.7. The lowest BCUT2D eigenvalue weighted by molar-refractivity contribution is -0.140. The summed E-state index contributed by atoms with van der Waals surface area (Å²) in [7, 11) is 0. The van der Waals surface area contributed by atoms with Gasteiger partial charge in [0.1, 0.15) is 5.82 Å². The number of carboxylic acid groups (broad SMARTS) is 1. The van der Waals surface area contributed by atoms with Gasteiger partial charge >= 0.3 is 11.9 Å². The van der Waals surface area contributed by atoms with Gasteiger partial charge in [0.25, 0.3) is 0 Å². The number of anilines is 2. The van der Waals surface area contributed by atoms with E-state index < -0.39 is 24.4 Å². The van der Waals surface area contributed by atoms with Crippen LogP contribution in [0.15, 0.2) is 30.3 Å². The fourth-order valence-corrected chi connectivity index (χ4v) is 2.55. The van der Waals surface area contributed by atoms with Crippen molar-refractivity contribution < 1.29 is 23.8 Å². The zero-order chi connectivity index (χ0) is 18.6. The van der Waals surface area contributed by atoms with E-state index in [4.69, 9.17) is 21.4 Å². The zero-order valence-electron chi connectivity index (χ0n) is 13.7. The van der Waals surface area contributed by atoms with Crippen molar-refractivity contribution in [3.8, 4) is 0 Å². The molecule has 0 aliphatic rings. The largest absolute Gasteiger partial charge is 0.479 e. The van der Waals surface area contributed by atoms with Gasteiger partial charge in [-0.15, -0.1) is 0 Å². The maximum Gasteiger partial charge on any atom is 0.341 e. The first-order valence-electron chi connectivity index (χ1n) is 7.57. The van der Waals surface area contributed by atoms with Gasteiger partial charge in [0.05, 0.1) is 22.0 Å². The Morgan fingerprint density at radius 3 is 2.60 bits per heavy atom. The van der Waals surface area contributed by atoms with E-state index in [1.54, 1.807) is 13.0 Å². The fraction of sp³-hybridized carbons (Fsp3) is 0.222. The van der Waals surface area contributed by atoms with Gasteiger partial charge in [0.2, 0.25) is 0 Å². The summed E-state index contributed by atoms with van der Waals surface area (Å²) in [5.41, 5.74) is 2.02. The van der Waals surface area contributed by atoms with Crippen molar-refractivity contribution in [1.29, 1.82) is 0 Å². The van der Waals surface area contributed by atoms with Crippen LogP contribution in [0.1, 0.15) is 28.4 Å². The minimum atomic E-state index is -1.26. The SMILES string of the molecule is CCc1cc(C)c(Nc2c(F)cccc2Cl)c(C(=O)OCC(=O)O)c1. The second kappa shape index (κ2) is 7.98. The van der Waals surface area contributed by atoms with Crippen molar-refractivity contribution in [2.45, 2.75) is 20.3 Å². The number of esters is 1. The third-order valence-electron chi connectivity index (χ3n) is 3.56. The predicted octanol–water partition coefficient (Wildman–Crippen LogP) is 4.33. The molecule has 0 unspecified atom stereocenters. The van der Waals surface area contributed by atoms with Crippen LogP contribution in [-0.2, 0) is 16.0 Å². The highest BCUT2D eigenvalue weighted by Crippen LogP contribution is 2.32. The van der Waals surface area contributed by atoms with Gasteiger partial charge in [0.15, 0.2) is 6.61 Å². The summed E-state index contributed by atoms with van der Waals surface area (Å²) in [6.45, 7) is 2.92. The number of ether oxygens (including phenoxy) is 1. The molecule has 0 aromatic heterocycles. The number of benzene rings is 2. The van der Waals surface area contributed by atoms with Gasteiger partial charge in [-0.3, -0.25) is 0 Å². The van der Waals surface area contributed by atoms with E-state index in [0.717, 1.165) is 5.56 Å². The Hall–Kier alpha value is -2.60. The summed E-state index contributed by atoms with van der Waals surface area (Å²) >= 11 is 6.03. The summed E-state index contributed by atoms with van der Waals surface area (Å²) in [6.07, 6.45) is 0.667. The molecule has 0 spiro atoms. The quantitative estimate of drug-likeness (QED) is 0.745. The van der Waals surface area contributed by atoms with Crippen LogP contribution in [0.2, 0.25) is 5.02 Å². The summed E-state index contributed by atoms with van der Waals surface area (Å²) in [6, 6.07) is 7.68. The van der Waals surface area contributed by atoms with Gasteiger partial charge in [-0.1, -0.05) is 30.7 Å². The highest BCUT2D eigenvalue weighted by molar-refractivity contribution is 6.33. The smallest absolute Gasteiger partial charge is 0.341 e. The molecule has 2 rings (SSSR count). The Kier molecular flexibility index (Phi) is 5.98. The average Bonchev–Trinajstić information content (AvgIpc) is 2.56. The van der Waals surface area contributed by atoms with E-state index in [1.165, 1.54) is 18.2 Å². The van der Waals surface area contributed by atoms with Crippen LogP contribution in [0.4, 0.5) is 15.8 Å². The molecule has 0 heterocycles. The molecule has 25 heavy (non-hydrogen) atoms. The summed E-state index contributed by atoms with van der Waals surface area (Å²) < 4.78 is 18.8. The van der Waals surface area contributed by atoms with Crippen LogP contribution >= 0.6 is 11.6 Å². The predicted molar refractivity (Wildman–Crippen MR) is 93.2 cm³/mol. The van der Waals surface area contributed by atoms with Gasteiger partial charge in [-0.25, -0.2) is 14.0 Å². The topological polar surface area (TPSA) is 75.6 Å². The maximum atomic E-state index is 14.1. The van der Waals surface area contributed by atoms with Crippen LogP contribution in [0.3, 0.4) is 0 Å². The first-order chi connectivity index (χ1) is 11.8. The molecule has 7 heteroatoms. The van der Waals surface area contributed by atoms with Crippen molar-refractivity contribution in [3.63, 3.8) is 0 Å². The van der Waals surface area contributed by atoms with E-state index in [1.807, 2.05) is 13.0 Å². The number of carboxylic acids is 1. The minimum Gasteiger partial charge on any atom is -0.479 e. The van der Waals surface area contributed by atoms with Gasteiger partial charge in [-0.05, 0) is 42.7 Å². The third-order valence-corrected chi connectivity index (χ3v) is 3.88. The van der Waals surface area contributed by atoms with E-state index in [9.17, 15) is 14.0 Å². The van der Waals surface area contributed by atoms with Gasteiger partial charge in [-0.2, -0.15) is 0 Å². The van der Waals surface area contributed by atoms with E-state index in [0.29, 0.717) is 17.7 Å². The van der Waals surface area contributed by atoms with Crippen molar-refractivity contribution in [3.05, 3.63) is 57.9 Å². The normalized spacial score (nSPS) is 10.4. The van der Waals surface area contributed by atoms with Crippen LogP contribution in [0.25, 0.3) is 0 Å². The van der Waals surface area contributed by atoms with Crippen LogP contribution in [0, 0.1) is 12.7 Å². The Balaban J connectivity index is 2.48. The number of carbonyl (C=O) groups excluding carboxylic acids is 1. The van der Waals surface area contributed by atoms with Crippen LogP contribution in [-0.4, -0.2) is 23.7 Å². The standard InChI is InChI=1S/C18H17ClFNO4/c1-3-11-7-10(2)16(12(8-11)18(24)25-9-15(22)23)21-17-13(19)5-4-6-14(17)20/h4-8,21H,3,9H2,1-2H3,(H,22,23). The molecule has 0 saturated heterocycles. The molecular formula is C18H17ClFNO4. The number of para-hydroxylation sites is 1. The molecule has 2 aromatic carbocycles. The lowest BCUT2D eigenvalue weighted by Gasteiger charge is -2.17. The maximum absolute atomic E-state index is 14.1. The van der Waals surface area contributed by atoms with Crippen molar-refractivity contribution in [2.24, 2.45) is 0 Å². The van der Waals surface area contributed by atoms with Crippen molar-refractivity contribution >= 4 is 34.9 Å². The summed E-state index contributed by atoms with van der Waals surface area (Å²) in [5.74, 6) is -2.64. The van der Waals surface area contributed by atoms with Gasteiger partial charge < -0.3 is 15.2 Å². The summed E-state index contributed by atoms with van der Waals surface area (Å²) in [4.78, 5) is 22.9. The molecule has 0 saturated carbocycles. The van der Waals surface area contributed by atoms with E-state index in [-0.39, 0.29) is 16.3 Å². The molecule has 0 atom stereocenters. The number of carbonyl (C=O) groups is 2. The van der Waals surface area contributed by atoms with E-state index in [2.05, 4.69) is 5.32 Å².